The normalized spacial score (nSPS) is 16.3. The maximum Gasteiger partial charge on any atom is 0.407 e. The van der Waals surface area contributed by atoms with E-state index in [2.05, 4.69) is 57.3 Å². The first-order valence-electron chi connectivity index (χ1n) is 24.1. The molecule has 1 aliphatic heterocycles. The minimum absolute atomic E-state index is 0.0248. The number of carbonyl (C=O) groups excluding carboxylic acids is 6. The Balaban J connectivity index is 1.62. The highest BCUT2D eigenvalue weighted by molar-refractivity contribution is 6.00. The zero-order chi connectivity index (χ0) is 53.8. The van der Waals surface area contributed by atoms with Crippen LogP contribution >= 0.6 is 0 Å². The first-order valence-corrected chi connectivity index (χ1v) is 24.1. The van der Waals surface area contributed by atoms with Crippen LogP contribution in [-0.2, 0) is 35.8 Å². The predicted molar refractivity (Wildman–Crippen MR) is 274 cm³/mol. The Hall–Kier alpha value is -7.63. The number of amides is 6. The van der Waals surface area contributed by atoms with Gasteiger partial charge in [0.05, 0.1) is 23.0 Å². The van der Waals surface area contributed by atoms with Gasteiger partial charge in [-0.05, 0) is 94.3 Å². The van der Waals surface area contributed by atoms with Gasteiger partial charge in [0.1, 0.15) is 61.0 Å². The molecule has 390 valence electrons. The summed E-state index contributed by atoms with van der Waals surface area (Å²) in [4.78, 5) is 95.1. The van der Waals surface area contributed by atoms with E-state index in [0.29, 0.717) is 45.4 Å². The predicted octanol–water partition coefficient (Wildman–Crippen LogP) is 3.80. The van der Waals surface area contributed by atoms with Gasteiger partial charge in [-0.3, -0.25) is 24.0 Å². The van der Waals surface area contributed by atoms with Crippen molar-refractivity contribution < 1.29 is 43.0 Å². The molecule has 4 aromatic rings. The number of nitrogens with two attached hydrogens (primary N) is 2. The fourth-order valence-electron chi connectivity index (χ4n) is 8.12. The second kappa shape index (κ2) is 24.7. The Kier molecular flexibility index (Phi) is 19.0. The molecule has 0 saturated carbocycles. The van der Waals surface area contributed by atoms with Crippen molar-refractivity contribution in [3.05, 3.63) is 94.3 Å². The minimum atomic E-state index is -1.49. The summed E-state index contributed by atoms with van der Waals surface area (Å²) in [5, 5.41) is 22.6. The van der Waals surface area contributed by atoms with E-state index in [1.165, 1.54) is 14.0 Å². The number of aryl methyl sites for hydroxylation is 2. The van der Waals surface area contributed by atoms with Crippen LogP contribution in [0, 0.1) is 25.2 Å². The molecule has 1 aromatic heterocycles. The second-order valence-electron chi connectivity index (χ2n) is 19.7. The third kappa shape index (κ3) is 15.0. The number of likely N-dealkylation sites (N-methyl/N-ethyl adjacent to an activating group) is 1. The number of nitrogens with zero attached hydrogens (tertiary/aromatic N) is 4. The topological polar surface area (TPSA) is 295 Å². The zero-order valence-corrected chi connectivity index (χ0v) is 43.4. The third-order valence-corrected chi connectivity index (χ3v) is 11.8. The van der Waals surface area contributed by atoms with Gasteiger partial charge in [0, 0.05) is 49.8 Å². The summed E-state index contributed by atoms with van der Waals surface area (Å²) < 4.78 is 17.7. The van der Waals surface area contributed by atoms with Crippen molar-refractivity contribution in [2.24, 2.45) is 11.5 Å². The van der Waals surface area contributed by atoms with Crippen LogP contribution in [0.1, 0.15) is 99.4 Å². The number of ether oxygens (including phenoxy) is 3. The molecule has 0 spiro atoms. The largest absolute Gasteiger partial charge is 0.492 e. The second-order valence-corrected chi connectivity index (χ2v) is 19.7. The van der Waals surface area contributed by atoms with Crippen LogP contribution in [0.5, 0.6) is 11.5 Å². The van der Waals surface area contributed by atoms with E-state index in [9.17, 15) is 29.2 Å². The molecule has 0 fully saturated rings. The van der Waals surface area contributed by atoms with Crippen LogP contribution in [0.2, 0.25) is 0 Å². The van der Waals surface area contributed by atoms with Gasteiger partial charge in [-0.25, -0.2) is 14.8 Å². The standard InChI is InChI=1S/C53H69N11O9/c1-30-43(31(2)60-45(59-30)34-12-15-36(16-13-34)52(4,5)6)48(67)62-39(19-23-58-51(70)73-53(7,8)9)50(69)64(10)44-35-14-18-42(72-26-22-56)38(29-35)37-27-33(11-17-41(37)71-25-21-55)28-40(47(66)57-24-20-54)63-46(65)32(3)61-49(44)68/h11-18,27,29,32,39-40,44H,19,21-26,28,55-56H2,1-10H3,(H,57,66)(H,58,70)(H,61,68)(H,62,67)(H,63,65)/t32-,39-,40-,44-/m0/s1. The molecule has 2 heterocycles. The van der Waals surface area contributed by atoms with Crippen molar-refractivity contribution in [3.63, 3.8) is 0 Å². The maximum absolute atomic E-state index is 15.1. The maximum atomic E-state index is 15.1. The number of rotatable bonds is 16. The highest BCUT2D eigenvalue weighted by Crippen LogP contribution is 2.40. The number of benzene rings is 3. The molecule has 4 bridgehead atoms. The van der Waals surface area contributed by atoms with Gasteiger partial charge in [0.2, 0.25) is 23.6 Å². The molecule has 4 atom stereocenters. The van der Waals surface area contributed by atoms with Crippen molar-refractivity contribution in [2.75, 3.05) is 46.4 Å². The number of hydrogen-bond acceptors (Lipinski definition) is 14. The Morgan fingerprint density at radius 3 is 2.03 bits per heavy atom. The molecule has 20 nitrogen and oxygen atoms in total. The van der Waals surface area contributed by atoms with Gasteiger partial charge in [0.15, 0.2) is 5.82 Å². The van der Waals surface area contributed by atoms with Crippen LogP contribution in [0.25, 0.3) is 22.5 Å². The summed E-state index contributed by atoms with van der Waals surface area (Å²) in [6.45, 7) is 16.3. The Morgan fingerprint density at radius 1 is 0.849 bits per heavy atom. The highest BCUT2D eigenvalue weighted by atomic mass is 16.6. The Morgan fingerprint density at radius 2 is 1.45 bits per heavy atom. The number of nitrogens with one attached hydrogen (secondary N) is 5. The summed E-state index contributed by atoms with van der Waals surface area (Å²) in [5.74, 6) is -2.50. The summed E-state index contributed by atoms with van der Waals surface area (Å²) in [6.07, 6.45) is -0.946. The molecule has 9 N–H and O–H groups in total. The first-order chi connectivity index (χ1) is 34.5. The quantitative estimate of drug-likeness (QED) is 0.0787. The lowest BCUT2D eigenvalue weighted by Gasteiger charge is -2.33. The van der Waals surface area contributed by atoms with E-state index in [1.807, 2.05) is 30.3 Å². The van der Waals surface area contributed by atoms with E-state index in [1.54, 1.807) is 71.0 Å². The van der Waals surface area contributed by atoms with Crippen molar-refractivity contribution >= 4 is 35.6 Å². The fraction of sp³-hybridized carbons (Fsp3) is 0.453. The van der Waals surface area contributed by atoms with Gasteiger partial charge < -0.3 is 57.2 Å². The van der Waals surface area contributed by atoms with Crippen molar-refractivity contribution in [1.82, 2.24) is 41.5 Å². The number of carbonyl (C=O) groups is 6. The number of nitriles is 1. The summed E-state index contributed by atoms with van der Waals surface area (Å²) in [5.41, 5.74) is 15.2. The molecule has 6 amide bonds. The number of alkyl carbamates (subject to hydrolysis) is 1. The molecule has 3 aromatic carbocycles. The van der Waals surface area contributed by atoms with Crippen LogP contribution in [0.3, 0.4) is 0 Å². The molecule has 73 heavy (non-hydrogen) atoms. The van der Waals surface area contributed by atoms with Crippen LogP contribution in [-0.4, -0.2) is 121 Å². The SMILES string of the molecule is Cc1nc(-c2ccc(C(C)(C)C)cc2)nc(C)c1C(=O)N[C@@H](CCNC(=O)OC(C)(C)C)C(=O)N(C)[C@@H]1C(=O)N[C@@H](C)C(=O)N[C@H](C(=O)NCC#N)Cc2ccc(OCCN)c(c2)-c2cc1ccc2OCCN. The monoisotopic (exact) mass is 1000 g/mol. The van der Waals surface area contributed by atoms with E-state index in [0.717, 1.165) is 16.0 Å². The number of fused-ring (bicyclic) bond motifs is 5. The van der Waals surface area contributed by atoms with Crippen LogP contribution in [0.15, 0.2) is 60.7 Å². The number of hydrogen-bond donors (Lipinski definition) is 7. The Bertz CT molecular complexity index is 2690. The van der Waals surface area contributed by atoms with Crippen molar-refractivity contribution in [2.45, 2.75) is 110 Å². The van der Waals surface area contributed by atoms with E-state index >= 15 is 4.79 Å². The lowest BCUT2D eigenvalue weighted by atomic mass is 9.86. The lowest BCUT2D eigenvalue weighted by Crippen LogP contribution is -2.56. The van der Waals surface area contributed by atoms with Crippen LogP contribution in [0.4, 0.5) is 4.79 Å². The summed E-state index contributed by atoms with van der Waals surface area (Å²) in [6, 6.07) is 14.4. The average molecular weight is 1000 g/mol. The lowest BCUT2D eigenvalue weighted by molar-refractivity contribution is -0.141. The smallest absolute Gasteiger partial charge is 0.407 e. The molecule has 5 rings (SSSR count). The first kappa shape index (κ1) is 56.3. The van der Waals surface area contributed by atoms with Crippen molar-refractivity contribution in [1.29, 1.82) is 5.26 Å². The minimum Gasteiger partial charge on any atom is -0.492 e. The Labute approximate surface area is 426 Å². The van der Waals surface area contributed by atoms with Gasteiger partial charge in [-0.1, -0.05) is 57.2 Å². The molecule has 20 heteroatoms. The molecule has 0 aliphatic carbocycles. The molecule has 0 unspecified atom stereocenters. The van der Waals surface area contributed by atoms with Gasteiger partial charge in [-0.2, -0.15) is 5.26 Å². The van der Waals surface area contributed by atoms with E-state index < -0.39 is 65.4 Å². The fourth-order valence-corrected chi connectivity index (χ4v) is 8.12. The van der Waals surface area contributed by atoms with Gasteiger partial charge in [-0.15, -0.1) is 0 Å². The molecule has 0 saturated heterocycles. The highest BCUT2D eigenvalue weighted by Gasteiger charge is 2.37. The van der Waals surface area contributed by atoms with E-state index in [-0.39, 0.29) is 68.8 Å². The summed E-state index contributed by atoms with van der Waals surface area (Å²) in [7, 11) is 1.38. The van der Waals surface area contributed by atoms with E-state index in [4.69, 9.17) is 25.7 Å². The molecular formula is C53H69N11O9. The van der Waals surface area contributed by atoms with Gasteiger partial charge in [0.25, 0.3) is 5.91 Å². The zero-order valence-electron chi connectivity index (χ0n) is 43.4. The molecule has 0 radical (unpaired) electrons. The molecule has 1 aliphatic rings. The van der Waals surface area contributed by atoms with Crippen molar-refractivity contribution in [3.8, 4) is 40.1 Å². The third-order valence-electron chi connectivity index (χ3n) is 11.8. The van der Waals surface area contributed by atoms with Crippen LogP contribution < -0.4 is 47.5 Å². The average Bonchev–Trinajstić information content (AvgIpc) is 3.32. The number of aromatic nitrogens is 2. The molecular weight excluding hydrogens is 935 g/mol. The summed E-state index contributed by atoms with van der Waals surface area (Å²) >= 11 is 0. The van der Waals surface area contributed by atoms with Gasteiger partial charge >= 0.3 is 6.09 Å².